The molecule has 0 saturated heterocycles. The fraction of sp³-hybridized carbons (Fsp3) is 0.300. The van der Waals surface area contributed by atoms with Crippen LogP contribution in [0.4, 0.5) is 0 Å². The zero-order valence-electron chi connectivity index (χ0n) is 14.7. The summed E-state index contributed by atoms with van der Waals surface area (Å²) in [6.45, 7) is 8.46. The third kappa shape index (κ3) is 5.53. The molecular weight excluding hydrogens is 316 g/mol. The van der Waals surface area contributed by atoms with E-state index in [1.807, 2.05) is 49.4 Å². The summed E-state index contributed by atoms with van der Waals surface area (Å²) in [5, 5.41) is 4.20. The summed E-state index contributed by atoms with van der Waals surface area (Å²) in [6.07, 6.45) is 0. The summed E-state index contributed by atoms with van der Waals surface area (Å²) in [6, 6.07) is 18.2. The Hall–Kier alpha value is -2.07. The topological polar surface area (TPSA) is 41.5 Å². The molecule has 0 atom stereocenters. The zero-order valence-corrected chi connectivity index (χ0v) is 15.5. The van der Waals surface area contributed by atoms with Crippen molar-refractivity contribution in [2.75, 3.05) is 5.75 Å². The number of nitrogens with one attached hydrogen (secondary N) is 1. The van der Waals surface area contributed by atoms with Crippen LogP contribution in [-0.4, -0.2) is 17.4 Å². The molecule has 0 aliphatic rings. The molecule has 3 nitrogen and oxygen atoms in total. The Labute approximate surface area is 148 Å². The molecule has 0 saturated carbocycles. The molecule has 0 heterocycles. The molecule has 0 aliphatic heterocycles. The second kappa shape index (κ2) is 8.15. The van der Waals surface area contributed by atoms with Crippen LogP contribution >= 0.6 is 11.8 Å². The molecule has 0 spiro atoms. The molecule has 2 aromatic carbocycles. The van der Waals surface area contributed by atoms with Crippen molar-refractivity contribution in [1.29, 1.82) is 0 Å². The molecule has 0 aliphatic carbocycles. The van der Waals surface area contributed by atoms with Crippen LogP contribution in [0.5, 0.6) is 0 Å². The second-order valence-electron chi connectivity index (χ2n) is 6.66. The van der Waals surface area contributed by atoms with Crippen molar-refractivity contribution < 1.29 is 4.79 Å². The van der Waals surface area contributed by atoms with Gasteiger partial charge in [-0.2, -0.15) is 5.10 Å². The molecule has 126 valence electrons. The summed E-state index contributed by atoms with van der Waals surface area (Å²) in [5.41, 5.74) is 5.85. The van der Waals surface area contributed by atoms with Crippen molar-refractivity contribution in [2.45, 2.75) is 38.0 Å². The van der Waals surface area contributed by atoms with Crippen LogP contribution in [0.3, 0.4) is 0 Å². The molecule has 1 amide bonds. The monoisotopic (exact) mass is 340 g/mol. The first kappa shape index (κ1) is 18.3. The number of carbonyl (C=O) groups is 1. The Balaban J connectivity index is 1.90. The minimum absolute atomic E-state index is 0.102. The number of nitrogens with zero attached hydrogens (tertiary/aromatic N) is 1. The van der Waals surface area contributed by atoms with E-state index < -0.39 is 0 Å². The van der Waals surface area contributed by atoms with E-state index >= 15 is 0 Å². The Kier molecular flexibility index (Phi) is 6.21. The van der Waals surface area contributed by atoms with Gasteiger partial charge in [0.15, 0.2) is 0 Å². The van der Waals surface area contributed by atoms with Gasteiger partial charge in [0, 0.05) is 4.90 Å². The van der Waals surface area contributed by atoms with Gasteiger partial charge < -0.3 is 0 Å². The summed E-state index contributed by atoms with van der Waals surface area (Å²) >= 11 is 1.50. The van der Waals surface area contributed by atoms with Crippen molar-refractivity contribution in [3.8, 4) is 0 Å². The average molecular weight is 340 g/mol. The van der Waals surface area contributed by atoms with Crippen LogP contribution in [0, 0.1) is 0 Å². The highest BCUT2D eigenvalue weighted by molar-refractivity contribution is 8.00. The fourth-order valence-corrected chi connectivity index (χ4v) is 2.83. The van der Waals surface area contributed by atoms with Gasteiger partial charge >= 0.3 is 0 Å². The molecule has 24 heavy (non-hydrogen) atoms. The lowest BCUT2D eigenvalue weighted by Gasteiger charge is -2.19. The van der Waals surface area contributed by atoms with E-state index in [-0.39, 0.29) is 11.3 Å². The van der Waals surface area contributed by atoms with Gasteiger partial charge in [0.05, 0.1) is 11.5 Å². The van der Waals surface area contributed by atoms with Gasteiger partial charge in [0.25, 0.3) is 0 Å². The van der Waals surface area contributed by atoms with E-state index in [9.17, 15) is 4.79 Å². The van der Waals surface area contributed by atoms with Gasteiger partial charge in [-0.3, -0.25) is 4.79 Å². The number of benzene rings is 2. The highest BCUT2D eigenvalue weighted by Gasteiger charge is 2.13. The smallest absolute Gasteiger partial charge is 0.250 e. The SMILES string of the molecule is CC(=NNC(=O)CSc1ccccc1)c1ccc(C(C)(C)C)cc1. The number of carbonyl (C=O) groups excluding carboxylic acids is 1. The normalized spacial score (nSPS) is 12.1. The largest absolute Gasteiger partial charge is 0.272 e. The van der Waals surface area contributed by atoms with E-state index in [0.29, 0.717) is 5.75 Å². The predicted octanol–water partition coefficient (Wildman–Crippen LogP) is 4.62. The fourth-order valence-electron chi connectivity index (χ4n) is 2.12. The first-order chi connectivity index (χ1) is 11.4. The third-order valence-corrected chi connectivity index (χ3v) is 4.64. The van der Waals surface area contributed by atoms with Crippen molar-refractivity contribution in [3.63, 3.8) is 0 Å². The van der Waals surface area contributed by atoms with Crippen molar-refractivity contribution in [2.24, 2.45) is 5.10 Å². The first-order valence-corrected chi connectivity index (χ1v) is 8.97. The number of amides is 1. The second-order valence-corrected chi connectivity index (χ2v) is 7.71. The summed E-state index contributed by atoms with van der Waals surface area (Å²) in [7, 11) is 0. The maximum Gasteiger partial charge on any atom is 0.250 e. The van der Waals surface area contributed by atoms with Gasteiger partial charge in [-0.05, 0) is 35.6 Å². The maximum absolute atomic E-state index is 11.9. The molecular formula is C20H24N2OS. The number of hydrogen-bond donors (Lipinski definition) is 1. The molecule has 2 rings (SSSR count). The van der Waals surface area contributed by atoms with Gasteiger partial charge in [-0.15, -0.1) is 11.8 Å². The van der Waals surface area contributed by atoms with Crippen LogP contribution in [0.1, 0.15) is 38.8 Å². The molecule has 0 radical (unpaired) electrons. The van der Waals surface area contributed by atoms with E-state index in [2.05, 4.69) is 43.4 Å². The Morgan fingerprint density at radius 3 is 2.25 bits per heavy atom. The zero-order chi connectivity index (χ0) is 17.6. The number of thioether (sulfide) groups is 1. The van der Waals surface area contributed by atoms with Crippen molar-refractivity contribution in [3.05, 3.63) is 65.7 Å². The Morgan fingerprint density at radius 2 is 1.67 bits per heavy atom. The molecule has 0 unspecified atom stereocenters. The highest BCUT2D eigenvalue weighted by atomic mass is 32.2. The molecule has 1 N–H and O–H groups in total. The first-order valence-electron chi connectivity index (χ1n) is 7.98. The van der Waals surface area contributed by atoms with Crippen molar-refractivity contribution >= 4 is 23.4 Å². The van der Waals surface area contributed by atoms with Crippen LogP contribution in [-0.2, 0) is 10.2 Å². The lowest BCUT2D eigenvalue weighted by atomic mass is 9.86. The Morgan fingerprint density at radius 1 is 1.04 bits per heavy atom. The highest BCUT2D eigenvalue weighted by Crippen LogP contribution is 2.22. The van der Waals surface area contributed by atoms with Gasteiger partial charge in [0.1, 0.15) is 0 Å². The minimum atomic E-state index is -0.102. The van der Waals surface area contributed by atoms with Crippen molar-refractivity contribution in [1.82, 2.24) is 5.43 Å². The van der Waals surface area contributed by atoms with Gasteiger partial charge in [-0.25, -0.2) is 5.43 Å². The molecule has 2 aromatic rings. The average Bonchev–Trinajstić information content (AvgIpc) is 2.58. The van der Waals surface area contributed by atoms with Crippen LogP contribution in [0.25, 0.3) is 0 Å². The lowest BCUT2D eigenvalue weighted by molar-refractivity contribution is -0.118. The molecule has 0 fully saturated rings. The molecule has 0 aromatic heterocycles. The third-order valence-electron chi connectivity index (χ3n) is 3.63. The lowest BCUT2D eigenvalue weighted by Crippen LogP contribution is -2.21. The number of rotatable bonds is 5. The molecule has 0 bridgehead atoms. The summed E-state index contributed by atoms with van der Waals surface area (Å²) in [4.78, 5) is 13.0. The predicted molar refractivity (Wildman–Crippen MR) is 103 cm³/mol. The van der Waals surface area contributed by atoms with E-state index in [4.69, 9.17) is 0 Å². The van der Waals surface area contributed by atoms with Gasteiger partial charge in [-0.1, -0.05) is 63.2 Å². The quantitative estimate of drug-likeness (QED) is 0.490. The van der Waals surface area contributed by atoms with Gasteiger partial charge in [0.2, 0.25) is 5.91 Å². The van der Waals surface area contributed by atoms with Crippen LogP contribution in [0.2, 0.25) is 0 Å². The number of hydrazone groups is 1. The standard InChI is InChI=1S/C20H24N2OS/c1-15(16-10-12-17(13-11-16)20(2,3)4)21-22-19(23)14-24-18-8-6-5-7-9-18/h5-13H,14H2,1-4H3,(H,22,23). The summed E-state index contributed by atoms with van der Waals surface area (Å²) < 4.78 is 0. The van der Waals surface area contributed by atoms with E-state index in [1.165, 1.54) is 17.3 Å². The van der Waals surface area contributed by atoms with Crippen LogP contribution in [0.15, 0.2) is 64.6 Å². The maximum atomic E-state index is 11.9. The molecule has 4 heteroatoms. The van der Waals surface area contributed by atoms with E-state index in [0.717, 1.165) is 16.2 Å². The van der Waals surface area contributed by atoms with Crippen LogP contribution < -0.4 is 5.43 Å². The van der Waals surface area contributed by atoms with E-state index in [1.54, 1.807) is 0 Å². The minimum Gasteiger partial charge on any atom is -0.272 e. The summed E-state index contributed by atoms with van der Waals surface area (Å²) in [5.74, 6) is 0.249. The number of hydrogen-bond acceptors (Lipinski definition) is 3. The Bertz CT molecular complexity index is 701.